The highest BCUT2D eigenvalue weighted by Crippen LogP contribution is 2.30. The van der Waals surface area contributed by atoms with Crippen molar-refractivity contribution in [2.75, 3.05) is 11.4 Å². The zero-order valence-electron chi connectivity index (χ0n) is 13.3. The third-order valence-electron chi connectivity index (χ3n) is 4.29. The Kier molecular flexibility index (Phi) is 4.15. The second-order valence-corrected chi connectivity index (χ2v) is 5.86. The largest absolute Gasteiger partial charge is 0.426 e. The summed E-state index contributed by atoms with van der Waals surface area (Å²) >= 11 is 0. The number of nitrogens with zero attached hydrogens (tertiary/aromatic N) is 1. The maximum atomic E-state index is 12.3. The van der Waals surface area contributed by atoms with Gasteiger partial charge in [0.15, 0.2) is 0 Å². The summed E-state index contributed by atoms with van der Waals surface area (Å²) in [6.07, 6.45) is 0.194. The smallest absolute Gasteiger partial charge is 0.316 e. The van der Waals surface area contributed by atoms with Crippen molar-refractivity contribution >= 4 is 17.6 Å². The molecule has 1 amide bonds. The van der Waals surface area contributed by atoms with Crippen LogP contribution in [0.4, 0.5) is 5.69 Å². The van der Waals surface area contributed by atoms with Crippen LogP contribution in [0.1, 0.15) is 17.5 Å². The van der Waals surface area contributed by atoms with Gasteiger partial charge in [-0.05, 0) is 43.2 Å². The van der Waals surface area contributed by atoms with Crippen molar-refractivity contribution in [2.45, 2.75) is 20.3 Å². The molecule has 0 aliphatic carbocycles. The van der Waals surface area contributed by atoms with Crippen LogP contribution in [-0.4, -0.2) is 18.4 Å². The SMILES string of the molecule is Cc1cccc(N2C[C@H](C(=O)Oc3ccccc3)CC2=O)c1C. The Bertz CT molecular complexity index is 740. The predicted octanol–water partition coefficient (Wildman–Crippen LogP) is 3.26. The van der Waals surface area contributed by atoms with E-state index in [2.05, 4.69) is 0 Å². The van der Waals surface area contributed by atoms with Gasteiger partial charge in [0.1, 0.15) is 5.75 Å². The molecule has 2 aromatic rings. The summed E-state index contributed by atoms with van der Waals surface area (Å²) < 4.78 is 5.37. The van der Waals surface area contributed by atoms with Gasteiger partial charge in [-0.3, -0.25) is 9.59 Å². The Morgan fingerprint density at radius 2 is 1.83 bits per heavy atom. The molecule has 2 aromatic carbocycles. The standard InChI is InChI=1S/C19H19NO3/c1-13-7-6-10-17(14(13)2)20-12-15(11-18(20)21)19(22)23-16-8-4-3-5-9-16/h3-10,15H,11-12H2,1-2H3/t15-/m1/s1. The molecule has 1 heterocycles. The van der Waals surface area contributed by atoms with Crippen LogP contribution in [0.3, 0.4) is 0 Å². The van der Waals surface area contributed by atoms with E-state index in [1.165, 1.54) is 0 Å². The highest BCUT2D eigenvalue weighted by Gasteiger charge is 2.37. The fourth-order valence-corrected chi connectivity index (χ4v) is 2.81. The highest BCUT2D eigenvalue weighted by atomic mass is 16.5. The molecule has 4 nitrogen and oxygen atoms in total. The van der Waals surface area contributed by atoms with E-state index >= 15 is 0 Å². The lowest BCUT2D eigenvalue weighted by Crippen LogP contribution is -2.28. The predicted molar refractivity (Wildman–Crippen MR) is 88.5 cm³/mol. The van der Waals surface area contributed by atoms with Crippen LogP contribution in [0.5, 0.6) is 5.75 Å². The van der Waals surface area contributed by atoms with Crippen LogP contribution < -0.4 is 9.64 Å². The first kappa shape index (κ1) is 15.3. The molecule has 1 fully saturated rings. The van der Waals surface area contributed by atoms with E-state index in [-0.39, 0.29) is 18.3 Å². The Balaban J connectivity index is 1.75. The zero-order valence-corrected chi connectivity index (χ0v) is 13.3. The molecule has 0 spiro atoms. The van der Waals surface area contributed by atoms with Gasteiger partial charge < -0.3 is 9.64 Å². The first-order valence-electron chi connectivity index (χ1n) is 7.69. The summed E-state index contributed by atoms with van der Waals surface area (Å²) in [5.41, 5.74) is 3.08. The van der Waals surface area contributed by atoms with Gasteiger partial charge in [0, 0.05) is 18.7 Å². The van der Waals surface area contributed by atoms with Crippen LogP contribution in [-0.2, 0) is 9.59 Å². The maximum absolute atomic E-state index is 12.3. The molecule has 0 N–H and O–H groups in total. The molecule has 118 valence electrons. The molecule has 0 saturated carbocycles. The zero-order chi connectivity index (χ0) is 16.4. The van der Waals surface area contributed by atoms with Crippen LogP contribution in [0, 0.1) is 19.8 Å². The van der Waals surface area contributed by atoms with E-state index in [4.69, 9.17) is 4.74 Å². The third-order valence-corrected chi connectivity index (χ3v) is 4.29. The van der Waals surface area contributed by atoms with E-state index in [1.807, 2.05) is 50.2 Å². The van der Waals surface area contributed by atoms with Crippen molar-refractivity contribution in [3.05, 3.63) is 59.7 Å². The summed E-state index contributed by atoms with van der Waals surface area (Å²) in [5.74, 6) is -0.302. The summed E-state index contributed by atoms with van der Waals surface area (Å²) in [6.45, 7) is 4.38. The van der Waals surface area contributed by atoms with E-state index in [1.54, 1.807) is 17.0 Å². The fraction of sp³-hybridized carbons (Fsp3) is 0.263. The van der Waals surface area contributed by atoms with Crippen molar-refractivity contribution < 1.29 is 14.3 Å². The highest BCUT2D eigenvalue weighted by molar-refractivity contribution is 6.00. The van der Waals surface area contributed by atoms with Gasteiger partial charge in [0.05, 0.1) is 5.92 Å². The second-order valence-electron chi connectivity index (χ2n) is 5.86. The normalized spacial score (nSPS) is 17.4. The minimum absolute atomic E-state index is 0.0336. The third kappa shape index (κ3) is 3.11. The number of ether oxygens (including phenoxy) is 1. The average Bonchev–Trinajstić information content (AvgIpc) is 2.93. The number of para-hydroxylation sites is 1. The van der Waals surface area contributed by atoms with E-state index < -0.39 is 5.92 Å². The summed E-state index contributed by atoms with van der Waals surface area (Å²) in [4.78, 5) is 26.3. The van der Waals surface area contributed by atoms with Gasteiger partial charge in [-0.1, -0.05) is 30.3 Å². The number of hydrogen-bond donors (Lipinski definition) is 0. The Morgan fingerprint density at radius 3 is 2.57 bits per heavy atom. The van der Waals surface area contributed by atoms with Gasteiger partial charge in [-0.15, -0.1) is 0 Å². The van der Waals surface area contributed by atoms with Crippen molar-refractivity contribution in [1.82, 2.24) is 0 Å². The molecule has 1 aliphatic rings. The number of carbonyl (C=O) groups is 2. The molecular formula is C19H19NO3. The maximum Gasteiger partial charge on any atom is 0.316 e. The lowest BCUT2D eigenvalue weighted by atomic mass is 10.1. The van der Waals surface area contributed by atoms with Crippen molar-refractivity contribution in [3.8, 4) is 5.75 Å². The van der Waals surface area contributed by atoms with Crippen LogP contribution in [0.2, 0.25) is 0 Å². The van der Waals surface area contributed by atoms with E-state index in [0.717, 1.165) is 16.8 Å². The molecule has 1 saturated heterocycles. The number of aryl methyl sites for hydroxylation is 1. The lowest BCUT2D eigenvalue weighted by molar-refractivity contribution is -0.139. The fourth-order valence-electron chi connectivity index (χ4n) is 2.81. The number of esters is 1. The minimum atomic E-state index is -0.428. The van der Waals surface area contributed by atoms with Gasteiger partial charge in [0.2, 0.25) is 5.91 Å². The van der Waals surface area contributed by atoms with E-state index in [0.29, 0.717) is 12.3 Å². The second kappa shape index (κ2) is 6.24. The molecule has 0 radical (unpaired) electrons. The van der Waals surface area contributed by atoms with Crippen molar-refractivity contribution in [3.63, 3.8) is 0 Å². The van der Waals surface area contributed by atoms with E-state index in [9.17, 15) is 9.59 Å². The van der Waals surface area contributed by atoms with Gasteiger partial charge in [-0.25, -0.2) is 0 Å². The van der Waals surface area contributed by atoms with Gasteiger partial charge in [0.25, 0.3) is 0 Å². The molecule has 0 aromatic heterocycles. The molecule has 1 atom stereocenters. The number of hydrogen-bond acceptors (Lipinski definition) is 3. The number of benzene rings is 2. The summed E-state index contributed by atoms with van der Waals surface area (Å²) in [5, 5.41) is 0. The van der Waals surface area contributed by atoms with Gasteiger partial charge in [-0.2, -0.15) is 0 Å². The van der Waals surface area contributed by atoms with Crippen LogP contribution >= 0.6 is 0 Å². The number of anilines is 1. The topological polar surface area (TPSA) is 46.6 Å². The summed E-state index contributed by atoms with van der Waals surface area (Å²) in [6, 6.07) is 14.8. The van der Waals surface area contributed by atoms with Gasteiger partial charge >= 0.3 is 5.97 Å². The Hall–Kier alpha value is -2.62. The Labute approximate surface area is 135 Å². The number of carbonyl (C=O) groups excluding carboxylic acids is 2. The minimum Gasteiger partial charge on any atom is -0.426 e. The monoisotopic (exact) mass is 309 g/mol. The number of amides is 1. The lowest BCUT2D eigenvalue weighted by Gasteiger charge is -2.20. The van der Waals surface area contributed by atoms with Crippen molar-refractivity contribution in [2.24, 2.45) is 5.92 Å². The molecule has 4 heteroatoms. The van der Waals surface area contributed by atoms with Crippen LogP contribution in [0.25, 0.3) is 0 Å². The quantitative estimate of drug-likeness (QED) is 0.646. The van der Waals surface area contributed by atoms with Crippen LogP contribution in [0.15, 0.2) is 48.5 Å². The molecule has 3 rings (SSSR count). The first-order valence-corrected chi connectivity index (χ1v) is 7.69. The molecule has 0 unspecified atom stereocenters. The van der Waals surface area contributed by atoms with Crippen molar-refractivity contribution in [1.29, 1.82) is 0 Å². The Morgan fingerprint density at radius 1 is 1.09 bits per heavy atom. The summed E-state index contributed by atoms with van der Waals surface area (Å²) in [7, 11) is 0. The number of rotatable bonds is 3. The molecular weight excluding hydrogens is 290 g/mol. The molecule has 1 aliphatic heterocycles. The average molecular weight is 309 g/mol. The molecule has 23 heavy (non-hydrogen) atoms. The molecule has 0 bridgehead atoms. The first-order chi connectivity index (χ1) is 11.1.